The monoisotopic (exact) mass is 366 g/mol. The number of carboxylic acid groups (broad SMARTS) is 1. The molecule has 0 saturated carbocycles. The highest BCUT2D eigenvalue weighted by atomic mass is 16.5. The minimum atomic E-state index is -1.10. The van der Waals surface area contributed by atoms with Crippen LogP contribution in [0.25, 0.3) is 17.8 Å². The van der Waals surface area contributed by atoms with Gasteiger partial charge in [0.15, 0.2) is 11.5 Å². The Bertz CT molecular complexity index is 1120. The van der Waals surface area contributed by atoms with Crippen LogP contribution in [0.4, 0.5) is 0 Å². The summed E-state index contributed by atoms with van der Waals surface area (Å²) < 4.78 is 11.9. The van der Waals surface area contributed by atoms with Gasteiger partial charge in [0.05, 0.1) is 25.5 Å². The number of hydrogen-bond donors (Lipinski definition) is 1. The predicted octanol–water partition coefficient (Wildman–Crippen LogP) is 2.89. The largest absolute Gasteiger partial charge is 0.493 e. The topological polar surface area (TPSA) is 90.1 Å². The van der Waals surface area contributed by atoms with Crippen LogP contribution in [0.2, 0.25) is 0 Å². The Morgan fingerprint density at radius 3 is 2.59 bits per heavy atom. The van der Waals surface area contributed by atoms with Crippen molar-refractivity contribution in [3.8, 4) is 11.5 Å². The SMILES string of the molecule is COc1cccc(/C=C/c2nc3ccc(C(=O)O)cn3c(=O)c2C)c1OC. The normalized spacial score (nSPS) is 11.1. The Labute approximate surface area is 155 Å². The molecular weight excluding hydrogens is 348 g/mol. The lowest BCUT2D eigenvalue weighted by atomic mass is 10.1. The summed E-state index contributed by atoms with van der Waals surface area (Å²) in [7, 11) is 3.12. The zero-order chi connectivity index (χ0) is 19.6. The fraction of sp³-hybridized carbons (Fsp3) is 0.150. The zero-order valence-electron chi connectivity index (χ0n) is 15.1. The number of carboxylic acids is 1. The van der Waals surface area contributed by atoms with Crippen molar-refractivity contribution < 1.29 is 19.4 Å². The van der Waals surface area contributed by atoms with E-state index in [0.29, 0.717) is 28.4 Å². The molecule has 3 aromatic rings. The average molecular weight is 366 g/mol. The molecule has 0 atom stereocenters. The first-order valence-electron chi connectivity index (χ1n) is 8.11. The van der Waals surface area contributed by atoms with E-state index in [-0.39, 0.29) is 11.1 Å². The molecule has 7 heteroatoms. The van der Waals surface area contributed by atoms with Crippen LogP contribution in [0.5, 0.6) is 11.5 Å². The molecule has 0 saturated heterocycles. The fourth-order valence-electron chi connectivity index (χ4n) is 2.74. The van der Waals surface area contributed by atoms with E-state index in [1.165, 1.54) is 22.7 Å². The van der Waals surface area contributed by atoms with Gasteiger partial charge in [-0.15, -0.1) is 0 Å². The first-order chi connectivity index (χ1) is 13.0. The average Bonchev–Trinajstić information content (AvgIpc) is 2.68. The number of fused-ring (bicyclic) bond motifs is 1. The molecule has 0 aliphatic heterocycles. The molecule has 0 amide bonds. The van der Waals surface area contributed by atoms with Crippen LogP contribution in [-0.4, -0.2) is 34.7 Å². The number of benzene rings is 1. The third-order valence-corrected chi connectivity index (χ3v) is 4.19. The molecule has 3 rings (SSSR count). The van der Waals surface area contributed by atoms with Crippen molar-refractivity contribution >= 4 is 23.8 Å². The van der Waals surface area contributed by atoms with Crippen LogP contribution < -0.4 is 15.0 Å². The van der Waals surface area contributed by atoms with Crippen molar-refractivity contribution in [1.29, 1.82) is 0 Å². The summed E-state index contributed by atoms with van der Waals surface area (Å²) in [6, 6.07) is 8.41. The number of aromatic carboxylic acids is 1. The maximum Gasteiger partial charge on any atom is 0.337 e. The van der Waals surface area contributed by atoms with Crippen molar-refractivity contribution in [2.24, 2.45) is 0 Å². The summed E-state index contributed by atoms with van der Waals surface area (Å²) in [5, 5.41) is 9.09. The molecule has 7 nitrogen and oxygen atoms in total. The van der Waals surface area contributed by atoms with E-state index in [4.69, 9.17) is 14.6 Å². The molecule has 27 heavy (non-hydrogen) atoms. The maximum absolute atomic E-state index is 12.6. The van der Waals surface area contributed by atoms with Crippen LogP contribution in [-0.2, 0) is 0 Å². The second-order valence-corrected chi connectivity index (χ2v) is 5.79. The van der Waals surface area contributed by atoms with Gasteiger partial charge in [0.1, 0.15) is 5.65 Å². The standard InChI is InChI=1S/C20H18N2O5/c1-12-15(9-7-13-5-4-6-16(26-2)18(13)27-3)21-17-10-8-14(20(24)25)11-22(17)19(12)23/h4-11H,1-3H3,(H,24,25)/b9-7+. The molecule has 138 valence electrons. The van der Waals surface area contributed by atoms with Crippen molar-refractivity contribution in [2.45, 2.75) is 6.92 Å². The Balaban J connectivity index is 2.10. The lowest BCUT2D eigenvalue weighted by molar-refractivity contribution is 0.0696. The van der Waals surface area contributed by atoms with Crippen molar-refractivity contribution in [2.75, 3.05) is 14.2 Å². The molecule has 0 aliphatic rings. The first kappa shape index (κ1) is 18.2. The third-order valence-electron chi connectivity index (χ3n) is 4.19. The van der Waals surface area contributed by atoms with E-state index in [9.17, 15) is 9.59 Å². The molecule has 0 aliphatic carbocycles. The molecule has 0 bridgehead atoms. The van der Waals surface area contributed by atoms with E-state index in [2.05, 4.69) is 4.98 Å². The van der Waals surface area contributed by atoms with Gasteiger partial charge in [-0.1, -0.05) is 12.1 Å². The summed E-state index contributed by atoms with van der Waals surface area (Å²) in [6.45, 7) is 1.65. The molecule has 1 aromatic carbocycles. The van der Waals surface area contributed by atoms with Crippen molar-refractivity contribution in [3.05, 3.63) is 69.3 Å². The Kier molecular flexibility index (Phi) is 4.94. The minimum absolute atomic E-state index is 0.0233. The van der Waals surface area contributed by atoms with Gasteiger partial charge in [0.25, 0.3) is 5.56 Å². The van der Waals surface area contributed by atoms with Gasteiger partial charge >= 0.3 is 5.97 Å². The summed E-state index contributed by atoms with van der Waals surface area (Å²) in [4.78, 5) is 28.2. The van der Waals surface area contributed by atoms with Gasteiger partial charge in [-0.3, -0.25) is 9.20 Å². The second-order valence-electron chi connectivity index (χ2n) is 5.79. The summed E-state index contributed by atoms with van der Waals surface area (Å²) in [5.74, 6) is 0.0807. The van der Waals surface area contributed by atoms with E-state index in [1.54, 1.807) is 39.4 Å². The summed E-state index contributed by atoms with van der Waals surface area (Å²) in [6.07, 6.45) is 4.79. The van der Waals surface area contributed by atoms with Gasteiger partial charge in [-0.2, -0.15) is 0 Å². The quantitative estimate of drug-likeness (QED) is 0.747. The lowest BCUT2D eigenvalue weighted by Gasteiger charge is -2.10. The van der Waals surface area contributed by atoms with Gasteiger partial charge in [0, 0.05) is 17.3 Å². The van der Waals surface area contributed by atoms with Gasteiger partial charge in [-0.05, 0) is 37.3 Å². The number of para-hydroxylation sites is 1. The van der Waals surface area contributed by atoms with Crippen molar-refractivity contribution in [1.82, 2.24) is 9.38 Å². The van der Waals surface area contributed by atoms with E-state index < -0.39 is 5.97 Å². The number of nitrogens with zero attached hydrogens (tertiary/aromatic N) is 2. The highest BCUT2D eigenvalue weighted by Gasteiger charge is 2.11. The second kappa shape index (κ2) is 7.33. The highest BCUT2D eigenvalue weighted by molar-refractivity contribution is 5.87. The molecule has 1 N–H and O–H groups in total. The highest BCUT2D eigenvalue weighted by Crippen LogP contribution is 2.31. The molecule has 0 fully saturated rings. The Hall–Kier alpha value is -3.61. The number of pyridine rings is 1. The summed E-state index contributed by atoms with van der Waals surface area (Å²) in [5.41, 5.74) is 1.75. The number of aromatic nitrogens is 2. The van der Waals surface area contributed by atoms with E-state index in [1.807, 2.05) is 12.1 Å². The number of rotatable bonds is 5. The van der Waals surface area contributed by atoms with Gasteiger partial charge in [0.2, 0.25) is 0 Å². The van der Waals surface area contributed by atoms with E-state index >= 15 is 0 Å². The van der Waals surface area contributed by atoms with Gasteiger partial charge in [-0.25, -0.2) is 9.78 Å². The maximum atomic E-state index is 12.6. The van der Waals surface area contributed by atoms with Crippen molar-refractivity contribution in [3.63, 3.8) is 0 Å². The van der Waals surface area contributed by atoms with Crippen LogP contribution in [0.1, 0.15) is 27.2 Å². The van der Waals surface area contributed by atoms with Crippen LogP contribution in [0.15, 0.2) is 41.3 Å². The Morgan fingerprint density at radius 2 is 1.93 bits per heavy atom. The molecule has 2 heterocycles. The zero-order valence-corrected chi connectivity index (χ0v) is 15.1. The number of ether oxygens (including phenoxy) is 2. The van der Waals surface area contributed by atoms with Crippen LogP contribution in [0.3, 0.4) is 0 Å². The first-order valence-corrected chi connectivity index (χ1v) is 8.11. The minimum Gasteiger partial charge on any atom is -0.493 e. The molecule has 0 radical (unpaired) electrons. The van der Waals surface area contributed by atoms with E-state index in [0.717, 1.165) is 5.56 Å². The molecule has 2 aromatic heterocycles. The number of carbonyl (C=O) groups is 1. The number of methoxy groups -OCH3 is 2. The fourth-order valence-corrected chi connectivity index (χ4v) is 2.74. The van der Waals surface area contributed by atoms with Crippen LogP contribution >= 0.6 is 0 Å². The lowest BCUT2D eigenvalue weighted by Crippen LogP contribution is -2.20. The predicted molar refractivity (Wildman–Crippen MR) is 102 cm³/mol. The molecule has 0 unspecified atom stereocenters. The van der Waals surface area contributed by atoms with Gasteiger partial charge < -0.3 is 14.6 Å². The molecule has 0 spiro atoms. The van der Waals surface area contributed by atoms with Crippen LogP contribution in [0, 0.1) is 6.92 Å². The third kappa shape index (κ3) is 3.39. The smallest absolute Gasteiger partial charge is 0.337 e. The number of hydrogen-bond acceptors (Lipinski definition) is 5. The Morgan fingerprint density at radius 1 is 1.15 bits per heavy atom. The molecular formula is C20H18N2O5. The summed E-state index contributed by atoms with van der Waals surface area (Å²) >= 11 is 0.